The molecule has 148 valence electrons. The molecule has 0 saturated carbocycles. The number of likely N-dealkylation sites (tertiary alicyclic amines) is 1. The van der Waals surface area contributed by atoms with Crippen molar-refractivity contribution in [1.82, 2.24) is 10.2 Å². The lowest BCUT2D eigenvalue weighted by atomic mass is 10.0. The normalized spacial score (nSPS) is 14.5. The van der Waals surface area contributed by atoms with Crippen molar-refractivity contribution in [3.8, 4) is 11.1 Å². The van der Waals surface area contributed by atoms with Crippen LogP contribution in [0.4, 0.5) is 0 Å². The molecule has 1 amide bonds. The van der Waals surface area contributed by atoms with E-state index >= 15 is 0 Å². The highest BCUT2D eigenvalue weighted by Crippen LogP contribution is 2.20. The van der Waals surface area contributed by atoms with Crippen molar-refractivity contribution in [3.63, 3.8) is 0 Å². The number of piperidine rings is 1. The summed E-state index contributed by atoms with van der Waals surface area (Å²) in [6.07, 6.45) is 3.92. The predicted octanol–water partition coefficient (Wildman–Crippen LogP) is 5.27. The van der Waals surface area contributed by atoms with Crippen LogP contribution >= 0.6 is 0 Å². The van der Waals surface area contributed by atoms with Gasteiger partial charge in [0.05, 0.1) is 0 Å². The summed E-state index contributed by atoms with van der Waals surface area (Å²) in [5.41, 5.74) is 5.49. The van der Waals surface area contributed by atoms with Crippen molar-refractivity contribution < 1.29 is 4.79 Å². The molecule has 3 heteroatoms. The lowest BCUT2D eigenvalue weighted by Gasteiger charge is -2.27. The number of nitrogens with zero attached hydrogens (tertiary/aromatic N) is 1. The van der Waals surface area contributed by atoms with E-state index in [0.29, 0.717) is 12.1 Å². The van der Waals surface area contributed by atoms with Crippen LogP contribution in [-0.2, 0) is 13.1 Å². The minimum absolute atomic E-state index is 0.0302. The Kier molecular flexibility index (Phi) is 6.38. The highest BCUT2D eigenvalue weighted by molar-refractivity contribution is 5.94. The fourth-order valence-electron chi connectivity index (χ4n) is 3.96. The summed E-state index contributed by atoms with van der Waals surface area (Å²) in [6.45, 7) is 3.88. The maximum absolute atomic E-state index is 12.6. The van der Waals surface area contributed by atoms with Crippen LogP contribution in [0.25, 0.3) is 11.1 Å². The minimum atomic E-state index is -0.0302. The zero-order chi connectivity index (χ0) is 19.9. The average molecular weight is 385 g/mol. The van der Waals surface area contributed by atoms with Crippen LogP contribution in [-0.4, -0.2) is 23.9 Å². The van der Waals surface area contributed by atoms with E-state index in [0.717, 1.165) is 17.7 Å². The lowest BCUT2D eigenvalue weighted by Crippen LogP contribution is -2.30. The third-order valence-electron chi connectivity index (χ3n) is 5.65. The molecular formula is C26H28N2O. The van der Waals surface area contributed by atoms with Crippen molar-refractivity contribution in [2.75, 3.05) is 13.1 Å². The molecule has 0 radical (unpaired) electrons. The topological polar surface area (TPSA) is 32.3 Å². The van der Waals surface area contributed by atoms with Gasteiger partial charge in [-0.25, -0.2) is 0 Å². The Balaban J connectivity index is 1.38. The van der Waals surface area contributed by atoms with Gasteiger partial charge in [-0.15, -0.1) is 0 Å². The predicted molar refractivity (Wildman–Crippen MR) is 119 cm³/mol. The zero-order valence-corrected chi connectivity index (χ0v) is 16.8. The third-order valence-corrected chi connectivity index (χ3v) is 5.65. The van der Waals surface area contributed by atoms with Gasteiger partial charge >= 0.3 is 0 Å². The van der Waals surface area contributed by atoms with Crippen LogP contribution in [0.15, 0.2) is 78.9 Å². The van der Waals surface area contributed by atoms with Crippen molar-refractivity contribution >= 4 is 5.91 Å². The molecule has 1 saturated heterocycles. The Morgan fingerprint density at radius 2 is 1.34 bits per heavy atom. The van der Waals surface area contributed by atoms with Gasteiger partial charge in [0, 0.05) is 18.7 Å². The molecule has 1 aliphatic heterocycles. The number of hydrogen-bond donors (Lipinski definition) is 1. The summed E-state index contributed by atoms with van der Waals surface area (Å²) in [5.74, 6) is -0.0302. The van der Waals surface area contributed by atoms with Crippen LogP contribution < -0.4 is 5.32 Å². The third kappa shape index (κ3) is 5.12. The van der Waals surface area contributed by atoms with E-state index in [-0.39, 0.29) is 5.91 Å². The first-order chi connectivity index (χ1) is 14.3. The van der Waals surface area contributed by atoms with Gasteiger partial charge in [0.15, 0.2) is 0 Å². The van der Waals surface area contributed by atoms with E-state index in [1.165, 1.54) is 43.5 Å². The highest BCUT2D eigenvalue weighted by atomic mass is 16.1. The molecule has 3 aromatic rings. The van der Waals surface area contributed by atoms with Gasteiger partial charge in [-0.2, -0.15) is 0 Å². The molecular weight excluding hydrogens is 356 g/mol. The number of carbonyl (C=O) groups is 1. The summed E-state index contributed by atoms with van der Waals surface area (Å²) in [6, 6.07) is 26.5. The first kappa shape index (κ1) is 19.4. The number of hydrogen-bond acceptors (Lipinski definition) is 2. The van der Waals surface area contributed by atoms with Crippen LogP contribution in [0.5, 0.6) is 0 Å². The van der Waals surface area contributed by atoms with Gasteiger partial charge in [0.1, 0.15) is 0 Å². The van der Waals surface area contributed by atoms with E-state index in [1.54, 1.807) is 0 Å². The Labute approximate surface area is 173 Å². The molecule has 1 N–H and O–H groups in total. The quantitative estimate of drug-likeness (QED) is 0.628. The standard InChI is InChI=1S/C26H28N2O/c29-26(23-15-13-22(14-16-23)21-9-3-1-4-10-21)27-19-24-11-5-6-12-25(24)20-28-17-7-2-8-18-28/h1,3-6,9-16H,2,7-8,17-20H2,(H,27,29). The molecule has 29 heavy (non-hydrogen) atoms. The van der Waals surface area contributed by atoms with E-state index in [9.17, 15) is 4.79 Å². The smallest absolute Gasteiger partial charge is 0.251 e. The maximum Gasteiger partial charge on any atom is 0.251 e. The van der Waals surface area contributed by atoms with Crippen LogP contribution in [0, 0.1) is 0 Å². The summed E-state index contributed by atoms with van der Waals surface area (Å²) in [7, 11) is 0. The van der Waals surface area contributed by atoms with Gasteiger partial charge in [0.2, 0.25) is 0 Å². The lowest BCUT2D eigenvalue weighted by molar-refractivity contribution is 0.0950. The van der Waals surface area contributed by atoms with Crippen LogP contribution in [0.2, 0.25) is 0 Å². The number of nitrogens with one attached hydrogen (secondary N) is 1. The number of carbonyl (C=O) groups excluding carboxylic acids is 1. The molecule has 1 aliphatic rings. The van der Waals surface area contributed by atoms with Gasteiger partial charge < -0.3 is 5.32 Å². The summed E-state index contributed by atoms with van der Waals surface area (Å²) >= 11 is 0. The Bertz CT molecular complexity index is 928. The van der Waals surface area contributed by atoms with Gasteiger partial charge in [-0.3, -0.25) is 9.69 Å². The first-order valence-corrected chi connectivity index (χ1v) is 10.5. The number of rotatable bonds is 6. The highest BCUT2D eigenvalue weighted by Gasteiger charge is 2.13. The van der Waals surface area contributed by atoms with Gasteiger partial charge in [0.25, 0.3) is 5.91 Å². The molecule has 0 atom stereocenters. The van der Waals surface area contributed by atoms with Gasteiger partial charge in [-0.05, 0) is 60.3 Å². The van der Waals surface area contributed by atoms with E-state index in [2.05, 4.69) is 46.6 Å². The maximum atomic E-state index is 12.6. The second-order valence-corrected chi connectivity index (χ2v) is 7.73. The fourth-order valence-corrected chi connectivity index (χ4v) is 3.96. The number of amides is 1. The van der Waals surface area contributed by atoms with E-state index < -0.39 is 0 Å². The molecule has 0 unspecified atom stereocenters. The molecule has 1 heterocycles. The minimum Gasteiger partial charge on any atom is -0.348 e. The molecule has 0 bridgehead atoms. The second kappa shape index (κ2) is 9.53. The Morgan fingerprint density at radius 3 is 2.07 bits per heavy atom. The Morgan fingerprint density at radius 1 is 0.724 bits per heavy atom. The molecule has 1 fully saturated rings. The largest absolute Gasteiger partial charge is 0.348 e. The molecule has 3 aromatic carbocycles. The van der Waals surface area contributed by atoms with E-state index in [4.69, 9.17) is 0 Å². The van der Waals surface area contributed by atoms with Gasteiger partial charge in [-0.1, -0.05) is 73.2 Å². The van der Waals surface area contributed by atoms with Crippen LogP contribution in [0.1, 0.15) is 40.7 Å². The molecule has 0 spiro atoms. The molecule has 3 nitrogen and oxygen atoms in total. The summed E-state index contributed by atoms with van der Waals surface area (Å²) in [5, 5.41) is 3.09. The molecule has 4 rings (SSSR count). The number of benzene rings is 3. The van der Waals surface area contributed by atoms with Crippen molar-refractivity contribution in [2.24, 2.45) is 0 Å². The second-order valence-electron chi connectivity index (χ2n) is 7.73. The molecule has 0 aliphatic carbocycles. The van der Waals surface area contributed by atoms with Crippen molar-refractivity contribution in [1.29, 1.82) is 0 Å². The van der Waals surface area contributed by atoms with Crippen molar-refractivity contribution in [2.45, 2.75) is 32.4 Å². The average Bonchev–Trinajstić information content (AvgIpc) is 2.80. The summed E-state index contributed by atoms with van der Waals surface area (Å²) in [4.78, 5) is 15.2. The summed E-state index contributed by atoms with van der Waals surface area (Å²) < 4.78 is 0. The van der Waals surface area contributed by atoms with E-state index in [1.807, 2.05) is 42.5 Å². The zero-order valence-electron chi connectivity index (χ0n) is 16.8. The first-order valence-electron chi connectivity index (χ1n) is 10.5. The monoisotopic (exact) mass is 384 g/mol. The molecule has 0 aromatic heterocycles. The van der Waals surface area contributed by atoms with Crippen LogP contribution in [0.3, 0.4) is 0 Å². The van der Waals surface area contributed by atoms with Crippen molar-refractivity contribution in [3.05, 3.63) is 95.6 Å². The Hall–Kier alpha value is -2.91. The SMILES string of the molecule is O=C(NCc1ccccc1CN1CCCCC1)c1ccc(-c2ccccc2)cc1. The fraction of sp³-hybridized carbons (Fsp3) is 0.269.